The molecule has 16 aromatic rings. The number of hydrogen-bond donors (Lipinski definition) is 0. The molecule has 0 unspecified atom stereocenters. The Balaban J connectivity index is 1.21. The summed E-state index contributed by atoms with van der Waals surface area (Å²) in [5, 5.41) is -8.00. The minimum absolute atomic E-state index is 0.0114. The normalized spacial score (nSPS) is 18.0. The Morgan fingerprint density at radius 2 is 0.970 bits per heavy atom. The van der Waals surface area contributed by atoms with Crippen LogP contribution < -0.4 is 50.8 Å². The van der Waals surface area contributed by atoms with Gasteiger partial charge in [0.25, 0.3) is 6.33 Å². The van der Waals surface area contributed by atoms with Crippen molar-refractivity contribution in [3.05, 3.63) is 368 Å². The van der Waals surface area contributed by atoms with Gasteiger partial charge in [0.2, 0.25) is 0 Å². The summed E-state index contributed by atoms with van der Waals surface area (Å²) in [6, 6.07) is -12.6. The molecule has 490 valence electrons. The van der Waals surface area contributed by atoms with Crippen molar-refractivity contribution < 1.29 is 64.1 Å². The van der Waals surface area contributed by atoms with E-state index in [1.807, 2.05) is 47.0 Å². The van der Waals surface area contributed by atoms with E-state index in [4.69, 9.17) is 22.1 Å². The summed E-state index contributed by atoms with van der Waals surface area (Å²) in [6.07, 6.45) is 5.02. The molecule has 0 atom stereocenters. The molecule has 13 aromatic carbocycles. The average Bonchev–Trinajstić information content (AvgIpc) is 1.47. The van der Waals surface area contributed by atoms with Gasteiger partial charge in [0.1, 0.15) is 17.3 Å². The van der Waals surface area contributed by atoms with E-state index in [0.717, 1.165) is 26.4 Å². The average molecular weight is 1380 g/mol. The van der Waals surface area contributed by atoms with Crippen LogP contribution in [0.5, 0.6) is 11.5 Å². The molecular weight excluding hydrogens is 1260 g/mol. The maximum Gasteiger partial charge on any atom is 0.269 e. The van der Waals surface area contributed by atoms with E-state index in [0.29, 0.717) is 11.3 Å². The minimum Gasteiger partial charge on any atom is -0.458 e. The molecule has 0 spiro atoms. The lowest BCUT2D eigenvalue weighted by Crippen LogP contribution is -2.76. The highest BCUT2D eigenvalue weighted by molar-refractivity contribution is 7.21. The van der Waals surface area contributed by atoms with Crippen molar-refractivity contribution in [2.45, 2.75) is 66.1 Å². The van der Waals surface area contributed by atoms with Crippen LogP contribution in [0.2, 0.25) is 0 Å². The summed E-state index contributed by atoms with van der Waals surface area (Å²) in [5.41, 5.74) is -5.14. The number of fused-ring (bicyclic) bond motifs is 4. The molecule has 0 aliphatic rings. The summed E-state index contributed by atoms with van der Waals surface area (Å²) in [4.78, 5) is 4.85. The third-order valence-electron chi connectivity index (χ3n) is 17.9. The Bertz CT molecular complexity index is 7610. The molecule has 0 fully saturated rings. The van der Waals surface area contributed by atoms with Crippen molar-refractivity contribution in [2.24, 2.45) is 0 Å². The molecule has 0 N–H and O–H groups in total. The van der Waals surface area contributed by atoms with Crippen LogP contribution >= 0.6 is 0 Å². The largest absolute Gasteiger partial charge is 0.458 e. The van der Waals surface area contributed by atoms with Crippen LogP contribution in [0.25, 0.3) is 72.3 Å². The second-order valence-electron chi connectivity index (χ2n) is 25.9. The van der Waals surface area contributed by atoms with Gasteiger partial charge >= 0.3 is 0 Å². The second kappa shape index (κ2) is 26.0. The highest BCUT2D eigenvalue weighted by Gasteiger charge is 2.46. The van der Waals surface area contributed by atoms with Crippen molar-refractivity contribution in [3.8, 4) is 50.9 Å². The van der Waals surface area contributed by atoms with Crippen LogP contribution in [0.3, 0.4) is 0 Å². The van der Waals surface area contributed by atoms with Crippen molar-refractivity contribution in [2.75, 3.05) is 0 Å². The number of pyridine rings is 1. The molecule has 0 saturated heterocycles. The van der Waals surface area contributed by atoms with Crippen molar-refractivity contribution in [3.63, 3.8) is 0 Å². The summed E-state index contributed by atoms with van der Waals surface area (Å²) in [6.45, 7) is 4.42. The molecule has 0 bridgehead atoms. The lowest BCUT2D eigenvalue weighted by molar-refractivity contribution is -0.570. The molecule has 101 heavy (non-hydrogen) atoms. The highest BCUT2D eigenvalue weighted by atomic mass is 28.3. The molecular formula is C94H80N4OSi2. The fourth-order valence-corrected chi connectivity index (χ4v) is 20.8. The predicted molar refractivity (Wildman–Crippen MR) is 427 cm³/mol. The lowest BCUT2D eigenvalue weighted by atomic mass is 9.84. The van der Waals surface area contributed by atoms with Crippen LogP contribution in [-0.4, -0.2) is 30.3 Å². The number of imidazole rings is 1. The van der Waals surface area contributed by atoms with Crippen LogP contribution in [0, 0.1) is 20.0 Å². The van der Waals surface area contributed by atoms with Crippen LogP contribution in [0.4, 0.5) is 0 Å². The van der Waals surface area contributed by atoms with E-state index < -0.39 is 316 Å². The highest BCUT2D eigenvalue weighted by Crippen LogP contribution is 2.39. The fraction of sp³-hybridized carbons (Fsp3) is 0.106. The van der Waals surface area contributed by atoms with Gasteiger partial charge in [0.05, 0.1) is 80.0 Å². The summed E-state index contributed by atoms with van der Waals surface area (Å²) in [7, 11) is -13.8. The van der Waals surface area contributed by atoms with Crippen LogP contribution in [0.1, 0.15) is 119 Å². The zero-order valence-electron chi connectivity index (χ0n) is 94.9. The van der Waals surface area contributed by atoms with E-state index in [1.54, 1.807) is 24.4 Å². The van der Waals surface area contributed by atoms with Gasteiger partial charge < -0.3 is 4.74 Å². The van der Waals surface area contributed by atoms with E-state index in [1.165, 1.54) is 92.1 Å². The van der Waals surface area contributed by atoms with E-state index in [2.05, 4.69) is 27.1 Å². The number of ether oxygens (including phenoxy) is 1. The smallest absolute Gasteiger partial charge is 0.269 e. The number of aryl methyl sites for hydroxylation is 2. The molecule has 7 heteroatoms. The maximum atomic E-state index is 11.7. The van der Waals surface area contributed by atoms with Crippen molar-refractivity contribution in [1.29, 1.82) is 0 Å². The zero-order chi connectivity index (χ0) is 104. The Labute approximate surface area is 651 Å². The quantitative estimate of drug-likeness (QED) is 0.0444. The summed E-state index contributed by atoms with van der Waals surface area (Å²) < 4.78 is 404. The third kappa shape index (κ3) is 11.4. The van der Waals surface area contributed by atoms with Crippen molar-refractivity contribution >= 4 is 90.5 Å². The molecule has 5 nitrogen and oxygen atoms in total. The third-order valence-corrected chi connectivity index (χ3v) is 26.1. The monoisotopic (exact) mass is 1380 g/mol. The number of benzene rings is 13. The van der Waals surface area contributed by atoms with Gasteiger partial charge in [-0.3, -0.25) is 13.7 Å². The first-order valence-corrected chi connectivity index (χ1v) is 35.9. The van der Waals surface area contributed by atoms with Gasteiger partial charge in [0.15, 0.2) is 16.1 Å². The Kier molecular flexibility index (Phi) is 8.64. The summed E-state index contributed by atoms with van der Waals surface area (Å²) >= 11 is 0. The van der Waals surface area contributed by atoms with Gasteiger partial charge in [-0.2, -0.15) is 0 Å². The number of para-hydroxylation sites is 1. The standard InChI is InChI=1S/C94H80N4OSi2/c1-66-32-29-33-67(2)91(66)69-52-55-86-88(59-69)96(72-35-31-36-73(63-72)99-74-53-54-83-82-50-27-28-51-85(82)98(87(83)64-74)90-62-70(56-57-95-90)93(3,4)5)65-97(86)92-84(68-34-30-49-81(58-68)100(75-37-15-9-16-38-75,76-39-17-10-18-40-76)77-41-19-11-20-42-77)60-71(94(6,7)8)61-89(92)101(78-43-21-12-22-44-78,79-45-23-13-24-46-79)80-47-25-14-26-48-80/h9-64H,1-8H3/i1D3,2D3,9D,10D,11D,12D,13D,14D,15D,16D,17D,18D,19D,20D,21D,22D,23D,24D,25D,26D,30D,34D,37D,38D,39D,40D,41D,42D,43D,44D,45D,46D,47D,48D,49D,58D. The number of hydrogen-bond acceptors (Lipinski definition) is 2. The predicted octanol–water partition coefficient (Wildman–Crippen LogP) is 17.3. The number of nitrogens with zero attached hydrogens (tertiary/aromatic N) is 4. The van der Waals surface area contributed by atoms with E-state index in [9.17, 15) is 42.5 Å². The second-order valence-corrected chi connectivity index (χ2v) is 32.9. The SMILES string of the molecule is [2H]c1c([2H])c([2H])c([Si](c2cc(C(C)(C)C)cc(-c3c([2H])c([2H])c([2H])c([Si](c4c([2H])c([2H])c([2H])c([2H])c4[2H])(c4c([2H])c([2H])c([2H])c([2H])c4[2H])c4c([2H])c([2H])c([2H])c([2H])c4[2H])c3[2H])c2-[n+]2[c-]n(-c3cccc(Oc4ccc5c6ccccc6n(-c6cc(C(C)(C)C)ccn6)c5c4)c3)c3cc(-c4c(C([2H])([2H])[2H])cccc4C([2H])([2H])[2H])ccc32)(c2c([2H])c([2H])c([2H])c([2H])c2[2H])c2c([2H])c([2H])c([2H])c([2H])c2[2H])c([2H])c1[2H]. The van der Waals surface area contributed by atoms with Gasteiger partial charge in [-0.05, 0) is 165 Å². The molecule has 0 radical (unpaired) electrons. The summed E-state index contributed by atoms with van der Waals surface area (Å²) in [5.74, 6) is 0.766. The lowest BCUT2D eigenvalue weighted by Gasteiger charge is -2.38. The molecule has 16 rings (SSSR count). The topological polar surface area (TPSA) is 35.9 Å². The maximum absolute atomic E-state index is 11.7. The van der Waals surface area contributed by atoms with Crippen LogP contribution in [-0.2, 0) is 10.8 Å². The molecule has 3 aromatic heterocycles. The molecule has 0 amide bonds. The fourth-order valence-electron chi connectivity index (χ4n) is 13.2. The molecule has 0 saturated carbocycles. The van der Waals surface area contributed by atoms with Gasteiger partial charge in [-0.25, -0.2) is 4.98 Å². The van der Waals surface area contributed by atoms with E-state index in [-0.39, 0.29) is 44.8 Å². The first kappa shape index (κ1) is 33.6. The van der Waals surface area contributed by atoms with Gasteiger partial charge in [-0.15, -0.1) is 0 Å². The van der Waals surface area contributed by atoms with Crippen LogP contribution in [0.15, 0.2) is 339 Å². The molecule has 0 aliphatic carbocycles. The number of aromatic nitrogens is 4. The first-order chi connectivity index (χ1) is 65.7. The van der Waals surface area contributed by atoms with Crippen molar-refractivity contribution in [1.82, 2.24) is 14.1 Å². The Morgan fingerprint density at radius 3 is 1.54 bits per heavy atom. The van der Waals surface area contributed by atoms with Gasteiger partial charge in [0, 0.05) is 31.3 Å². The molecule has 3 heterocycles. The Hall–Kier alpha value is -11.5. The van der Waals surface area contributed by atoms with Gasteiger partial charge in [-0.1, -0.05) is 314 Å². The zero-order valence-corrected chi connectivity index (χ0v) is 56.9. The van der Waals surface area contributed by atoms with E-state index >= 15 is 0 Å². The molecule has 0 aliphatic heterocycles. The minimum atomic E-state index is -6.93. The first-order valence-electron chi connectivity index (χ1n) is 51.9. The number of rotatable bonds is 15. The Morgan fingerprint density at radius 1 is 0.436 bits per heavy atom.